The first kappa shape index (κ1) is 16.0. The van der Waals surface area contributed by atoms with Crippen molar-refractivity contribution in [3.8, 4) is 17.2 Å². The van der Waals surface area contributed by atoms with Crippen molar-refractivity contribution in [2.45, 2.75) is 31.5 Å². The molecule has 1 aliphatic heterocycles. The average Bonchev–Trinajstić information content (AvgIpc) is 3.22. The first-order chi connectivity index (χ1) is 12.9. The number of hydrogen-bond donors (Lipinski definition) is 0. The fourth-order valence-electron chi connectivity index (χ4n) is 3.21. The zero-order valence-electron chi connectivity index (χ0n) is 13.8. The summed E-state index contributed by atoms with van der Waals surface area (Å²) in [7, 11) is 0. The van der Waals surface area contributed by atoms with Crippen molar-refractivity contribution in [1.29, 1.82) is 0 Å². The fraction of sp³-hybridized carbons (Fsp3) is 0.294. The van der Waals surface area contributed by atoms with Crippen molar-refractivity contribution < 1.29 is 22.5 Å². The second kappa shape index (κ2) is 5.41. The highest BCUT2D eigenvalue weighted by Gasteiger charge is 2.45. The maximum absolute atomic E-state index is 13.1. The van der Waals surface area contributed by atoms with Crippen LogP contribution in [0.4, 0.5) is 18.9 Å². The number of hydrogen-bond acceptors (Lipinski definition) is 5. The van der Waals surface area contributed by atoms with E-state index in [4.69, 9.17) is 4.52 Å². The van der Waals surface area contributed by atoms with Crippen LogP contribution in [0.3, 0.4) is 0 Å². The normalized spacial score (nSPS) is 16.2. The Morgan fingerprint density at radius 2 is 1.93 bits per heavy atom. The molecule has 1 aromatic carbocycles. The van der Waals surface area contributed by atoms with Crippen LogP contribution >= 0.6 is 0 Å². The maximum Gasteiger partial charge on any atom is 0.471 e. The van der Waals surface area contributed by atoms with Gasteiger partial charge in [-0.25, -0.2) is 4.98 Å². The van der Waals surface area contributed by atoms with Crippen LogP contribution in [0.5, 0.6) is 0 Å². The van der Waals surface area contributed by atoms with Gasteiger partial charge >= 0.3 is 12.1 Å². The van der Waals surface area contributed by atoms with Crippen LogP contribution in [0.15, 0.2) is 35.1 Å². The molecule has 0 saturated heterocycles. The molecular weight excluding hydrogens is 363 g/mol. The molecule has 1 amide bonds. The molecule has 3 heterocycles. The lowest BCUT2D eigenvalue weighted by atomic mass is 10.1. The molecule has 2 aromatic heterocycles. The molecule has 7 nitrogen and oxygen atoms in total. The van der Waals surface area contributed by atoms with Gasteiger partial charge in [-0.3, -0.25) is 14.3 Å². The van der Waals surface area contributed by atoms with Gasteiger partial charge in [0.1, 0.15) is 12.0 Å². The van der Waals surface area contributed by atoms with Gasteiger partial charge in [0.05, 0.1) is 23.6 Å². The Bertz CT molecular complexity index is 1050. The van der Waals surface area contributed by atoms with E-state index in [0.29, 0.717) is 27.9 Å². The third-order valence-electron chi connectivity index (χ3n) is 4.67. The van der Waals surface area contributed by atoms with Gasteiger partial charge in [0, 0.05) is 5.92 Å². The number of alkyl halides is 3. The molecule has 0 spiro atoms. The highest BCUT2D eigenvalue weighted by atomic mass is 19.4. The summed E-state index contributed by atoms with van der Waals surface area (Å²) in [6, 6.07) is 6.37. The molecule has 1 aliphatic carbocycles. The predicted molar refractivity (Wildman–Crippen MR) is 86.1 cm³/mol. The number of anilines is 1. The van der Waals surface area contributed by atoms with E-state index in [1.807, 2.05) is 0 Å². The molecule has 0 N–H and O–H groups in total. The van der Waals surface area contributed by atoms with Crippen LogP contribution in [-0.2, 0) is 11.3 Å². The van der Waals surface area contributed by atoms with Gasteiger partial charge in [0.25, 0.3) is 0 Å². The highest BCUT2D eigenvalue weighted by molar-refractivity contribution is 5.99. The van der Waals surface area contributed by atoms with Gasteiger partial charge in [-0.1, -0.05) is 17.3 Å². The number of aromatic nitrogens is 4. The number of nitrogens with zero attached hydrogens (tertiary/aromatic N) is 5. The summed E-state index contributed by atoms with van der Waals surface area (Å²) in [6.07, 6.45) is -1.54. The van der Waals surface area contributed by atoms with Crippen LogP contribution in [0.25, 0.3) is 17.2 Å². The predicted octanol–water partition coefficient (Wildman–Crippen LogP) is 3.21. The summed E-state index contributed by atoms with van der Waals surface area (Å²) in [6.45, 7) is -0.294. The molecule has 0 bridgehead atoms. The number of amides is 1. The topological polar surface area (TPSA) is 77.1 Å². The number of para-hydroxylation sites is 2. The standard InChI is InChI=1S/C17H12F3N5O2/c18-17(19,20)16(26)24-7-12-13(14-22-15(27-23-14)9-5-6-9)21-8-25(12)11-4-2-1-3-10(11)24/h1-4,8-9H,5-7H2. The minimum atomic E-state index is -4.99. The Balaban J connectivity index is 1.62. The molecule has 0 unspecified atom stereocenters. The molecule has 1 fully saturated rings. The molecule has 0 radical (unpaired) electrons. The first-order valence-electron chi connectivity index (χ1n) is 8.32. The number of halogens is 3. The highest BCUT2D eigenvalue weighted by Crippen LogP contribution is 2.41. The number of imidazole rings is 1. The third kappa shape index (κ3) is 2.51. The van der Waals surface area contributed by atoms with Crippen molar-refractivity contribution in [3.63, 3.8) is 0 Å². The first-order valence-corrected chi connectivity index (χ1v) is 8.32. The van der Waals surface area contributed by atoms with Crippen LogP contribution in [0.1, 0.15) is 30.3 Å². The van der Waals surface area contributed by atoms with Gasteiger partial charge in [0.15, 0.2) is 0 Å². The fourth-order valence-corrected chi connectivity index (χ4v) is 3.21. The summed E-state index contributed by atoms with van der Waals surface area (Å²) in [5.74, 6) is -0.968. The van der Waals surface area contributed by atoms with Gasteiger partial charge in [-0.05, 0) is 25.0 Å². The maximum atomic E-state index is 13.1. The molecule has 10 heteroatoms. The van der Waals surface area contributed by atoms with Crippen molar-refractivity contribution in [2.24, 2.45) is 0 Å². The molecule has 3 aromatic rings. The van der Waals surface area contributed by atoms with E-state index in [1.165, 1.54) is 12.4 Å². The van der Waals surface area contributed by atoms with Gasteiger partial charge in [-0.15, -0.1) is 0 Å². The Morgan fingerprint density at radius 3 is 2.63 bits per heavy atom. The van der Waals surface area contributed by atoms with Crippen LogP contribution in [0, 0.1) is 0 Å². The average molecular weight is 375 g/mol. The van der Waals surface area contributed by atoms with E-state index in [9.17, 15) is 18.0 Å². The Labute approximate surface area is 150 Å². The Morgan fingerprint density at radius 1 is 1.19 bits per heavy atom. The smallest absolute Gasteiger partial charge is 0.339 e. The number of carbonyl (C=O) groups excluding carboxylic acids is 1. The summed E-state index contributed by atoms with van der Waals surface area (Å²) in [5, 5.41) is 3.92. The Hall–Kier alpha value is -3.17. The molecule has 0 atom stereocenters. The zero-order valence-corrected chi connectivity index (χ0v) is 13.8. The molecule has 5 rings (SSSR count). The van der Waals surface area contributed by atoms with Gasteiger partial charge in [-0.2, -0.15) is 18.2 Å². The van der Waals surface area contributed by atoms with Crippen molar-refractivity contribution in [1.82, 2.24) is 19.7 Å². The minimum Gasteiger partial charge on any atom is -0.339 e. The molecule has 27 heavy (non-hydrogen) atoms. The van der Waals surface area contributed by atoms with Crippen molar-refractivity contribution in [2.75, 3.05) is 4.90 Å². The number of benzene rings is 1. The molecular formula is C17H12F3N5O2. The SMILES string of the molecule is O=C(N1Cc2c(-c3noc(C4CC4)n3)ncn2-c2ccccc21)C(F)(F)F. The summed E-state index contributed by atoms with van der Waals surface area (Å²) < 4.78 is 46.2. The zero-order chi connectivity index (χ0) is 18.8. The van der Waals surface area contributed by atoms with E-state index < -0.39 is 12.1 Å². The number of rotatable bonds is 2. The van der Waals surface area contributed by atoms with E-state index >= 15 is 0 Å². The minimum absolute atomic E-state index is 0.169. The summed E-state index contributed by atoms with van der Waals surface area (Å²) in [4.78, 5) is 21.3. The van der Waals surface area contributed by atoms with E-state index in [0.717, 1.165) is 12.8 Å². The molecule has 138 valence electrons. The van der Waals surface area contributed by atoms with Crippen LogP contribution in [0.2, 0.25) is 0 Å². The second-order valence-electron chi connectivity index (χ2n) is 6.52. The second-order valence-corrected chi connectivity index (χ2v) is 6.52. The van der Waals surface area contributed by atoms with E-state index in [-0.39, 0.29) is 24.0 Å². The monoisotopic (exact) mass is 375 g/mol. The number of carbonyl (C=O) groups is 1. The van der Waals surface area contributed by atoms with Gasteiger partial charge < -0.3 is 4.52 Å². The van der Waals surface area contributed by atoms with Crippen molar-refractivity contribution in [3.05, 3.63) is 42.2 Å². The van der Waals surface area contributed by atoms with Crippen LogP contribution in [-0.4, -0.2) is 31.8 Å². The lowest BCUT2D eigenvalue weighted by Gasteiger charge is -2.31. The summed E-state index contributed by atoms with van der Waals surface area (Å²) >= 11 is 0. The number of fused-ring (bicyclic) bond motifs is 3. The Kier molecular flexibility index (Phi) is 3.22. The van der Waals surface area contributed by atoms with Crippen molar-refractivity contribution >= 4 is 11.6 Å². The van der Waals surface area contributed by atoms with E-state index in [1.54, 1.807) is 22.8 Å². The van der Waals surface area contributed by atoms with Gasteiger partial charge in [0.2, 0.25) is 11.7 Å². The third-order valence-corrected chi connectivity index (χ3v) is 4.67. The largest absolute Gasteiger partial charge is 0.471 e. The van der Waals surface area contributed by atoms with Crippen LogP contribution < -0.4 is 4.90 Å². The lowest BCUT2D eigenvalue weighted by Crippen LogP contribution is -2.43. The lowest BCUT2D eigenvalue weighted by molar-refractivity contribution is -0.170. The molecule has 1 saturated carbocycles. The summed E-state index contributed by atoms with van der Waals surface area (Å²) in [5.41, 5.74) is 1.30. The van der Waals surface area contributed by atoms with E-state index in [2.05, 4.69) is 15.1 Å². The molecule has 2 aliphatic rings. The quantitative estimate of drug-likeness (QED) is 0.687.